The van der Waals surface area contributed by atoms with Crippen LogP contribution >= 0.6 is 0 Å². The van der Waals surface area contributed by atoms with Gasteiger partial charge in [-0.05, 0) is 49.3 Å². The van der Waals surface area contributed by atoms with E-state index in [1.807, 2.05) is 0 Å². The number of amides is 1. The second-order valence-electron chi connectivity index (χ2n) is 10.8. The summed E-state index contributed by atoms with van der Waals surface area (Å²) in [5.41, 5.74) is 0.317. The van der Waals surface area contributed by atoms with Crippen molar-refractivity contribution in [1.29, 1.82) is 0 Å². The molecule has 4 aliphatic rings. The van der Waals surface area contributed by atoms with Crippen molar-refractivity contribution < 1.29 is 31.5 Å². The molecule has 2 fully saturated rings. The van der Waals surface area contributed by atoms with Crippen LogP contribution in [0.15, 0.2) is 24.4 Å². The Morgan fingerprint density at radius 3 is 2.78 bits per heavy atom. The standard InChI is InChI=1S/C27H28F5N3O2/c28-20-10-19-23(4-7-37-24(19)11-21(20)29)34-18-9-16-2-1-5-26(16,12-18)25(36)35-6-3-22-15(14-35)8-17(13-33-22)27(30,31)32/h8,10-11,13,16,18,23,34H,1-7,9,12,14H2/t16-,18-,23?,26-/m1/s1. The smallest absolute Gasteiger partial charge is 0.417 e. The third kappa shape index (κ3) is 4.27. The molecule has 1 aromatic heterocycles. The van der Waals surface area contributed by atoms with Crippen LogP contribution in [0.4, 0.5) is 22.0 Å². The van der Waals surface area contributed by atoms with Gasteiger partial charge in [-0.25, -0.2) is 8.78 Å². The number of nitrogens with zero attached hydrogens (tertiary/aromatic N) is 2. The summed E-state index contributed by atoms with van der Waals surface area (Å²) in [6.45, 7) is 0.960. The molecule has 2 aromatic rings. The highest BCUT2D eigenvalue weighted by molar-refractivity contribution is 5.84. The minimum Gasteiger partial charge on any atom is -0.493 e. The lowest BCUT2D eigenvalue weighted by atomic mass is 9.78. The van der Waals surface area contributed by atoms with Gasteiger partial charge in [-0.2, -0.15) is 13.2 Å². The monoisotopic (exact) mass is 521 g/mol. The fourth-order valence-corrected chi connectivity index (χ4v) is 7.03. The van der Waals surface area contributed by atoms with Crippen LogP contribution < -0.4 is 10.1 Å². The van der Waals surface area contributed by atoms with Gasteiger partial charge in [0.2, 0.25) is 5.91 Å². The minimum atomic E-state index is -4.48. The van der Waals surface area contributed by atoms with E-state index in [0.717, 1.165) is 44.0 Å². The number of benzene rings is 1. The molecule has 6 rings (SSSR count). The van der Waals surface area contributed by atoms with Crippen LogP contribution in [-0.4, -0.2) is 35.0 Å². The molecule has 2 saturated carbocycles. The number of ether oxygens (including phenoxy) is 1. The highest BCUT2D eigenvalue weighted by Gasteiger charge is 2.56. The van der Waals surface area contributed by atoms with Crippen LogP contribution in [0.25, 0.3) is 0 Å². The van der Waals surface area contributed by atoms with E-state index in [1.165, 1.54) is 6.07 Å². The van der Waals surface area contributed by atoms with E-state index in [0.29, 0.717) is 55.0 Å². The number of nitrogens with one attached hydrogen (secondary N) is 1. The highest BCUT2D eigenvalue weighted by atomic mass is 19.4. The molecule has 10 heteroatoms. The van der Waals surface area contributed by atoms with Gasteiger partial charge in [0.05, 0.1) is 17.6 Å². The van der Waals surface area contributed by atoms with Crippen molar-refractivity contribution >= 4 is 5.91 Å². The third-order valence-electron chi connectivity index (χ3n) is 8.75. The van der Waals surface area contributed by atoms with Crippen molar-refractivity contribution in [1.82, 2.24) is 15.2 Å². The summed E-state index contributed by atoms with van der Waals surface area (Å²) in [5, 5.41) is 3.60. The van der Waals surface area contributed by atoms with Crippen molar-refractivity contribution in [2.24, 2.45) is 11.3 Å². The van der Waals surface area contributed by atoms with E-state index in [-0.39, 0.29) is 30.5 Å². The SMILES string of the molecule is O=C(N1CCc2ncc(C(F)(F)F)cc2C1)[C@@]12CCC[C@@H]1C[C@@H](NC1CCOc3cc(F)c(F)cc31)C2. The zero-order chi connectivity index (χ0) is 25.9. The van der Waals surface area contributed by atoms with Gasteiger partial charge >= 0.3 is 6.18 Å². The van der Waals surface area contributed by atoms with Crippen molar-refractivity contribution in [3.8, 4) is 5.75 Å². The van der Waals surface area contributed by atoms with Crippen LogP contribution in [0.5, 0.6) is 5.75 Å². The molecule has 2 aliphatic carbocycles. The molecule has 1 unspecified atom stereocenters. The van der Waals surface area contributed by atoms with E-state index < -0.39 is 28.8 Å². The van der Waals surface area contributed by atoms with Gasteiger partial charge in [0, 0.05) is 61.5 Å². The first-order valence-electron chi connectivity index (χ1n) is 12.9. The van der Waals surface area contributed by atoms with Crippen LogP contribution in [0.3, 0.4) is 0 Å². The number of fused-ring (bicyclic) bond motifs is 3. The first kappa shape index (κ1) is 24.6. The minimum absolute atomic E-state index is 0.0165. The molecule has 0 bridgehead atoms. The summed E-state index contributed by atoms with van der Waals surface area (Å²) in [6.07, 6.45) is 1.47. The Morgan fingerprint density at radius 2 is 1.97 bits per heavy atom. The number of halogens is 5. The number of hydrogen-bond donors (Lipinski definition) is 1. The van der Waals surface area contributed by atoms with Crippen LogP contribution in [0.2, 0.25) is 0 Å². The van der Waals surface area contributed by atoms with Gasteiger partial charge in [-0.3, -0.25) is 9.78 Å². The van der Waals surface area contributed by atoms with Crippen LogP contribution in [0.1, 0.15) is 67.0 Å². The molecule has 1 N–H and O–H groups in total. The summed E-state index contributed by atoms with van der Waals surface area (Å²) in [7, 11) is 0. The fraction of sp³-hybridized carbons (Fsp3) is 0.556. The molecule has 1 amide bonds. The topological polar surface area (TPSA) is 54.5 Å². The molecule has 198 valence electrons. The Kier molecular flexibility index (Phi) is 5.93. The van der Waals surface area contributed by atoms with Crippen LogP contribution in [-0.2, 0) is 23.9 Å². The van der Waals surface area contributed by atoms with Crippen LogP contribution in [0, 0.1) is 23.0 Å². The fourth-order valence-electron chi connectivity index (χ4n) is 7.03. The van der Waals surface area contributed by atoms with Crippen molar-refractivity contribution in [2.45, 2.75) is 69.8 Å². The van der Waals surface area contributed by atoms with E-state index in [9.17, 15) is 26.7 Å². The zero-order valence-corrected chi connectivity index (χ0v) is 20.2. The van der Waals surface area contributed by atoms with Gasteiger partial charge in [-0.15, -0.1) is 0 Å². The molecule has 2 aliphatic heterocycles. The number of aromatic nitrogens is 1. The normalized spacial score (nSPS) is 28.9. The summed E-state index contributed by atoms with van der Waals surface area (Å²) < 4.78 is 72.9. The van der Waals surface area contributed by atoms with Gasteiger partial charge in [-0.1, -0.05) is 6.42 Å². The molecule has 0 saturated heterocycles. The Hall–Kier alpha value is -2.75. The predicted molar refractivity (Wildman–Crippen MR) is 124 cm³/mol. The largest absolute Gasteiger partial charge is 0.493 e. The Bertz CT molecular complexity index is 1240. The van der Waals surface area contributed by atoms with Gasteiger partial charge < -0.3 is 15.0 Å². The number of rotatable bonds is 3. The second-order valence-corrected chi connectivity index (χ2v) is 10.8. The maximum atomic E-state index is 14.0. The highest BCUT2D eigenvalue weighted by Crippen LogP contribution is 2.56. The van der Waals surface area contributed by atoms with Gasteiger partial charge in [0.15, 0.2) is 11.6 Å². The molecule has 4 atom stereocenters. The second kappa shape index (κ2) is 8.92. The molecular weight excluding hydrogens is 493 g/mol. The molecule has 1 aromatic carbocycles. The maximum Gasteiger partial charge on any atom is 0.417 e. The van der Waals surface area contributed by atoms with Crippen molar-refractivity contribution in [3.05, 3.63) is 58.4 Å². The number of carbonyl (C=O) groups excluding carboxylic acids is 1. The Labute approximate surface area is 211 Å². The summed E-state index contributed by atoms with van der Waals surface area (Å²) >= 11 is 0. The molecule has 0 spiro atoms. The lowest BCUT2D eigenvalue weighted by molar-refractivity contribution is -0.144. The van der Waals surface area contributed by atoms with Gasteiger partial charge in [0.25, 0.3) is 0 Å². The van der Waals surface area contributed by atoms with Gasteiger partial charge in [0.1, 0.15) is 5.75 Å². The van der Waals surface area contributed by atoms with Crippen molar-refractivity contribution in [3.63, 3.8) is 0 Å². The Morgan fingerprint density at radius 1 is 1.16 bits per heavy atom. The molecule has 3 heterocycles. The Balaban J connectivity index is 1.20. The molecule has 37 heavy (non-hydrogen) atoms. The van der Waals surface area contributed by atoms with E-state index in [1.54, 1.807) is 4.90 Å². The maximum absolute atomic E-state index is 14.0. The summed E-state index contributed by atoms with van der Waals surface area (Å²) in [5.74, 6) is -1.32. The number of hydrogen-bond acceptors (Lipinski definition) is 4. The van der Waals surface area contributed by atoms with E-state index in [4.69, 9.17) is 4.74 Å². The quantitative estimate of drug-likeness (QED) is 0.556. The number of carbonyl (C=O) groups is 1. The number of alkyl halides is 3. The average Bonchev–Trinajstić information content (AvgIpc) is 3.41. The van der Waals surface area contributed by atoms with E-state index in [2.05, 4.69) is 10.3 Å². The summed E-state index contributed by atoms with van der Waals surface area (Å²) in [6, 6.07) is 3.21. The lowest BCUT2D eigenvalue weighted by Crippen LogP contribution is -2.47. The first-order chi connectivity index (χ1) is 17.6. The third-order valence-corrected chi connectivity index (χ3v) is 8.75. The number of pyridine rings is 1. The predicted octanol–water partition coefficient (Wildman–Crippen LogP) is 5.33. The van der Waals surface area contributed by atoms with Crippen molar-refractivity contribution in [2.75, 3.05) is 13.2 Å². The average molecular weight is 522 g/mol. The lowest BCUT2D eigenvalue weighted by Gasteiger charge is -2.37. The molecule has 0 radical (unpaired) electrons. The molecule has 5 nitrogen and oxygen atoms in total. The zero-order valence-electron chi connectivity index (χ0n) is 20.2. The summed E-state index contributed by atoms with van der Waals surface area (Å²) in [4.78, 5) is 19.7. The first-order valence-corrected chi connectivity index (χ1v) is 12.9. The van der Waals surface area contributed by atoms with E-state index >= 15 is 0 Å². The molecular formula is C27H28F5N3O2.